The smallest absolute Gasteiger partial charge is 0.154 e. The summed E-state index contributed by atoms with van der Waals surface area (Å²) in [6.45, 7) is 0. The Balaban J connectivity index is 2.07. The van der Waals surface area contributed by atoms with Crippen LogP contribution in [0.15, 0.2) is 0 Å². The van der Waals surface area contributed by atoms with Gasteiger partial charge in [0.1, 0.15) is 4.87 Å². The van der Waals surface area contributed by atoms with E-state index in [0.717, 1.165) is 25.7 Å². The van der Waals surface area contributed by atoms with Gasteiger partial charge in [-0.15, -0.1) is 11.6 Å². The van der Waals surface area contributed by atoms with Gasteiger partial charge in [0, 0.05) is 6.42 Å². The lowest BCUT2D eigenvalue weighted by atomic mass is 9.72. The molecule has 80 valence electrons. The number of hydrogen-bond acceptors (Lipinski definition) is 1. The maximum Gasteiger partial charge on any atom is 0.154 e. The van der Waals surface area contributed by atoms with E-state index in [1.54, 1.807) is 0 Å². The van der Waals surface area contributed by atoms with E-state index in [4.69, 9.17) is 11.6 Å². The second kappa shape index (κ2) is 4.22. The van der Waals surface area contributed by atoms with Crippen LogP contribution in [0.5, 0.6) is 0 Å². The highest BCUT2D eigenvalue weighted by Gasteiger charge is 2.44. The van der Waals surface area contributed by atoms with E-state index in [9.17, 15) is 4.79 Å². The second-order valence-electron chi connectivity index (χ2n) is 4.83. The van der Waals surface area contributed by atoms with Crippen molar-refractivity contribution in [3.8, 4) is 0 Å². The van der Waals surface area contributed by atoms with Crippen LogP contribution in [-0.4, -0.2) is 10.7 Å². The number of ketones is 1. The molecule has 14 heavy (non-hydrogen) atoms. The summed E-state index contributed by atoms with van der Waals surface area (Å²) in [7, 11) is 0. The fraction of sp³-hybridized carbons (Fsp3) is 0.917. The molecule has 0 N–H and O–H groups in total. The molecule has 2 aliphatic rings. The van der Waals surface area contributed by atoms with Crippen molar-refractivity contribution >= 4 is 17.4 Å². The molecule has 1 atom stereocenters. The number of halogens is 1. The Morgan fingerprint density at radius 2 is 1.79 bits per heavy atom. The molecule has 0 saturated heterocycles. The fourth-order valence-corrected chi connectivity index (χ4v) is 3.45. The Morgan fingerprint density at radius 1 is 1.07 bits per heavy atom. The minimum Gasteiger partial charge on any atom is -0.298 e. The summed E-state index contributed by atoms with van der Waals surface area (Å²) in [4.78, 5) is 11.4. The lowest BCUT2D eigenvalue weighted by molar-refractivity contribution is -0.125. The molecular weight excluding hydrogens is 196 g/mol. The van der Waals surface area contributed by atoms with Gasteiger partial charge in [0.2, 0.25) is 0 Å². The van der Waals surface area contributed by atoms with Crippen LogP contribution in [0.2, 0.25) is 0 Å². The largest absolute Gasteiger partial charge is 0.298 e. The fourth-order valence-electron chi connectivity index (χ4n) is 3.01. The molecule has 0 aliphatic heterocycles. The molecule has 1 nitrogen and oxygen atoms in total. The molecule has 0 radical (unpaired) electrons. The summed E-state index contributed by atoms with van der Waals surface area (Å²) in [6.07, 6.45) is 10.1. The maximum absolute atomic E-state index is 11.9. The van der Waals surface area contributed by atoms with Gasteiger partial charge in [-0.2, -0.15) is 0 Å². The zero-order valence-electron chi connectivity index (χ0n) is 8.73. The van der Waals surface area contributed by atoms with Crippen LogP contribution in [0, 0.1) is 5.92 Å². The quantitative estimate of drug-likeness (QED) is 0.609. The van der Waals surface area contributed by atoms with E-state index in [1.807, 2.05) is 0 Å². The van der Waals surface area contributed by atoms with Crippen LogP contribution in [0.25, 0.3) is 0 Å². The van der Waals surface area contributed by atoms with E-state index in [1.165, 1.54) is 32.1 Å². The average Bonchev–Trinajstić information content (AvgIpc) is 2.24. The molecule has 0 heterocycles. The number of carbonyl (C=O) groups is 1. The van der Waals surface area contributed by atoms with Gasteiger partial charge in [-0.3, -0.25) is 4.79 Å². The molecule has 2 heteroatoms. The number of alkyl halides is 1. The molecule has 0 amide bonds. The van der Waals surface area contributed by atoms with Crippen molar-refractivity contribution in [2.24, 2.45) is 5.92 Å². The third-order valence-electron chi connectivity index (χ3n) is 3.91. The van der Waals surface area contributed by atoms with Crippen molar-refractivity contribution in [3.63, 3.8) is 0 Å². The molecule has 2 rings (SSSR count). The third kappa shape index (κ3) is 1.84. The van der Waals surface area contributed by atoms with Crippen LogP contribution in [0.3, 0.4) is 0 Å². The molecule has 0 spiro atoms. The predicted octanol–water partition coefficient (Wildman–Crippen LogP) is 3.69. The first kappa shape index (κ1) is 10.5. The Kier molecular flexibility index (Phi) is 3.16. The van der Waals surface area contributed by atoms with Crippen molar-refractivity contribution in [3.05, 3.63) is 0 Å². The molecule has 2 fully saturated rings. The number of rotatable bonds is 1. The summed E-state index contributed by atoms with van der Waals surface area (Å²) in [5, 5.41) is 0. The van der Waals surface area contributed by atoms with E-state index < -0.39 is 4.87 Å². The van der Waals surface area contributed by atoms with Crippen molar-refractivity contribution in [1.29, 1.82) is 0 Å². The van der Waals surface area contributed by atoms with E-state index in [0.29, 0.717) is 11.7 Å². The topological polar surface area (TPSA) is 17.1 Å². The van der Waals surface area contributed by atoms with E-state index in [-0.39, 0.29) is 0 Å². The van der Waals surface area contributed by atoms with Crippen LogP contribution in [0.1, 0.15) is 57.8 Å². The summed E-state index contributed by atoms with van der Waals surface area (Å²) in [5.41, 5.74) is 0. The minimum absolute atomic E-state index is 0.331. The normalized spacial score (nSPS) is 35.9. The molecule has 0 unspecified atom stereocenters. The number of Topliss-reactive ketones (excluding diaryl/α,β-unsaturated/α-hetero) is 1. The van der Waals surface area contributed by atoms with Gasteiger partial charge in [-0.1, -0.05) is 25.7 Å². The summed E-state index contributed by atoms with van der Waals surface area (Å²) < 4.78 is 0. The maximum atomic E-state index is 11.9. The predicted molar refractivity (Wildman–Crippen MR) is 58.6 cm³/mol. The van der Waals surface area contributed by atoms with Gasteiger partial charge >= 0.3 is 0 Å². The summed E-state index contributed by atoms with van der Waals surface area (Å²) in [6, 6.07) is 0. The monoisotopic (exact) mass is 214 g/mol. The summed E-state index contributed by atoms with van der Waals surface area (Å²) in [5.74, 6) is 0.808. The standard InChI is InChI=1S/C12H19ClO/c13-12(9-5-4-8-11(12)14)10-6-2-1-3-7-10/h10H,1-9H2/t12-/m1/s1. The Hall–Kier alpha value is -0.0400. The second-order valence-corrected chi connectivity index (χ2v) is 5.50. The molecule has 0 aromatic heterocycles. The Morgan fingerprint density at radius 3 is 2.43 bits per heavy atom. The van der Waals surface area contributed by atoms with Gasteiger partial charge in [-0.05, 0) is 31.6 Å². The zero-order chi connectivity index (χ0) is 10.0. The van der Waals surface area contributed by atoms with Crippen LogP contribution in [-0.2, 0) is 4.79 Å². The van der Waals surface area contributed by atoms with Crippen molar-refractivity contribution < 1.29 is 4.79 Å². The molecule has 0 aromatic rings. The summed E-state index contributed by atoms with van der Waals surface area (Å²) >= 11 is 6.55. The Labute approximate surface area is 91.2 Å². The molecule has 2 aliphatic carbocycles. The first-order valence-corrected chi connectivity index (χ1v) is 6.33. The highest BCUT2D eigenvalue weighted by atomic mass is 35.5. The van der Waals surface area contributed by atoms with Gasteiger partial charge in [0.25, 0.3) is 0 Å². The first-order valence-electron chi connectivity index (χ1n) is 5.96. The van der Waals surface area contributed by atoms with Gasteiger partial charge in [-0.25, -0.2) is 0 Å². The SMILES string of the molecule is O=C1CCCC[C@@]1(Cl)C1CCCCC1. The molecule has 0 bridgehead atoms. The lowest BCUT2D eigenvalue weighted by Crippen LogP contribution is -2.43. The van der Waals surface area contributed by atoms with Gasteiger partial charge in [0.05, 0.1) is 0 Å². The zero-order valence-corrected chi connectivity index (χ0v) is 9.48. The highest BCUT2D eigenvalue weighted by Crippen LogP contribution is 2.44. The van der Waals surface area contributed by atoms with Crippen molar-refractivity contribution in [1.82, 2.24) is 0 Å². The van der Waals surface area contributed by atoms with E-state index in [2.05, 4.69) is 0 Å². The van der Waals surface area contributed by atoms with Gasteiger partial charge < -0.3 is 0 Å². The molecule has 0 aromatic carbocycles. The van der Waals surface area contributed by atoms with Crippen LogP contribution >= 0.6 is 11.6 Å². The van der Waals surface area contributed by atoms with E-state index >= 15 is 0 Å². The van der Waals surface area contributed by atoms with Crippen molar-refractivity contribution in [2.75, 3.05) is 0 Å². The third-order valence-corrected chi connectivity index (χ3v) is 4.62. The molecule has 2 saturated carbocycles. The first-order chi connectivity index (χ1) is 6.73. The number of carbonyl (C=O) groups excluding carboxylic acids is 1. The van der Waals surface area contributed by atoms with Crippen LogP contribution < -0.4 is 0 Å². The minimum atomic E-state index is -0.460. The van der Waals surface area contributed by atoms with Crippen LogP contribution in [0.4, 0.5) is 0 Å². The molecular formula is C12H19ClO. The highest BCUT2D eigenvalue weighted by molar-refractivity contribution is 6.35. The van der Waals surface area contributed by atoms with Gasteiger partial charge in [0.15, 0.2) is 5.78 Å². The Bertz CT molecular complexity index is 220. The van der Waals surface area contributed by atoms with Crippen molar-refractivity contribution in [2.45, 2.75) is 62.7 Å². The lowest BCUT2D eigenvalue weighted by Gasteiger charge is -2.39. The average molecular weight is 215 g/mol. The number of hydrogen-bond donors (Lipinski definition) is 0.